The van der Waals surface area contributed by atoms with Crippen molar-refractivity contribution in [2.45, 2.75) is 0 Å². The van der Waals surface area contributed by atoms with Crippen molar-refractivity contribution in [1.29, 1.82) is 5.26 Å². The molecule has 2 aromatic heterocycles. The lowest BCUT2D eigenvalue weighted by Gasteiger charge is -2.15. The zero-order valence-electron chi connectivity index (χ0n) is 16.4. The molecule has 4 rings (SSSR count). The second-order valence-corrected chi connectivity index (χ2v) is 6.47. The van der Waals surface area contributed by atoms with Crippen molar-refractivity contribution >= 4 is 21.9 Å². The van der Waals surface area contributed by atoms with E-state index in [1.54, 1.807) is 12.1 Å². The third-order valence-electron chi connectivity index (χ3n) is 5.00. The van der Waals surface area contributed by atoms with E-state index in [0.29, 0.717) is 39.3 Å². The van der Waals surface area contributed by atoms with Gasteiger partial charge in [0.2, 0.25) is 5.75 Å². The molecular formula is C22H18N2O5. The van der Waals surface area contributed by atoms with Gasteiger partial charge in [0.1, 0.15) is 17.2 Å². The zero-order chi connectivity index (χ0) is 20.7. The van der Waals surface area contributed by atoms with Gasteiger partial charge in [-0.2, -0.15) is 5.26 Å². The molecule has 0 saturated heterocycles. The summed E-state index contributed by atoms with van der Waals surface area (Å²) in [5.41, 5.74) is 1.62. The van der Waals surface area contributed by atoms with Gasteiger partial charge in [-0.1, -0.05) is 0 Å². The summed E-state index contributed by atoms with van der Waals surface area (Å²) in [6, 6.07) is 11.1. The van der Waals surface area contributed by atoms with Gasteiger partial charge in [0.05, 0.1) is 26.8 Å². The quantitative estimate of drug-likeness (QED) is 0.492. The van der Waals surface area contributed by atoms with E-state index < -0.39 is 5.63 Å². The number of methoxy groups -OCH3 is 3. The number of rotatable bonds is 4. The van der Waals surface area contributed by atoms with Gasteiger partial charge in [-0.05, 0) is 35.9 Å². The van der Waals surface area contributed by atoms with E-state index >= 15 is 0 Å². The first-order valence-electron chi connectivity index (χ1n) is 8.79. The first kappa shape index (κ1) is 18.4. The van der Waals surface area contributed by atoms with Gasteiger partial charge in [0.15, 0.2) is 11.5 Å². The lowest BCUT2D eigenvalue weighted by Crippen LogP contribution is -2.07. The fourth-order valence-corrected chi connectivity index (χ4v) is 3.64. The molecule has 0 unspecified atom stereocenters. The molecule has 0 spiro atoms. The Morgan fingerprint density at radius 2 is 1.69 bits per heavy atom. The maximum absolute atomic E-state index is 12.7. The molecule has 0 saturated carbocycles. The minimum Gasteiger partial charge on any atom is -0.493 e. The van der Waals surface area contributed by atoms with E-state index in [9.17, 15) is 10.1 Å². The zero-order valence-corrected chi connectivity index (χ0v) is 16.4. The predicted molar refractivity (Wildman–Crippen MR) is 109 cm³/mol. The van der Waals surface area contributed by atoms with E-state index in [0.717, 1.165) is 10.9 Å². The Kier molecular flexibility index (Phi) is 4.40. The average Bonchev–Trinajstić information content (AvgIpc) is 3.12. The molecule has 29 heavy (non-hydrogen) atoms. The molecule has 7 nitrogen and oxygen atoms in total. The third kappa shape index (κ3) is 2.69. The molecule has 0 radical (unpaired) electrons. The van der Waals surface area contributed by atoms with Gasteiger partial charge < -0.3 is 23.2 Å². The highest BCUT2D eigenvalue weighted by molar-refractivity contribution is 6.09. The van der Waals surface area contributed by atoms with Crippen LogP contribution in [0.25, 0.3) is 33.0 Å². The number of aromatic nitrogens is 1. The minimum absolute atomic E-state index is 0.0814. The summed E-state index contributed by atoms with van der Waals surface area (Å²) in [4.78, 5) is 12.7. The molecular weight excluding hydrogens is 372 g/mol. The molecule has 0 fully saturated rings. The first-order chi connectivity index (χ1) is 14.0. The monoisotopic (exact) mass is 390 g/mol. The summed E-state index contributed by atoms with van der Waals surface area (Å²) in [5.74, 6) is 1.27. The molecule has 0 aliphatic rings. The Morgan fingerprint density at radius 1 is 1.00 bits per heavy atom. The highest BCUT2D eigenvalue weighted by atomic mass is 16.5. The number of ether oxygens (including phenoxy) is 3. The summed E-state index contributed by atoms with van der Waals surface area (Å²) >= 11 is 0. The fraction of sp³-hybridized carbons (Fsp3) is 0.182. The number of hydrogen-bond donors (Lipinski definition) is 0. The largest absolute Gasteiger partial charge is 0.493 e. The number of hydrogen-bond acceptors (Lipinski definition) is 6. The van der Waals surface area contributed by atoms with E-state index in [-0.39, 0.29) is 5.56 Å². The van der Waals surface area contributed by atoms with Crippen molar-refractivity contribution in [3.05, 3.63) is 52.5 Å². The van der Waals surface area contributed by atoms with Gasteiger partial charge in [0, 0.05) is 29.6 Å². The summed E-state index contributed by atoms with van der Waals surface area (Å²) in [5, 5.41) is 11.1. The predicted octanol–water partition coefficient (Wildman–Crippen LogP) is 3.85. The van der Waals surface area contributed by atoms with Crippen LogP contribution in [0, 0.1) is 11.3 Å². The Balaban J connectivity index is 2.17. The summed E-state index contributed by atoms with van der Waals surface area (Å²) in [6.07, 6.45) is 1.89. The average molecular weight is 390 g/mol. The van der Waals surface area contributed by atoms with Crippen LogP contribution in [0.5, 0.6) is 17.2 Å². The molecule has 2 aromatic carbocycles. The molecule has 0 amide bonds. The van der Waals surface area contributed by atoms with Crippen LogP contribution >= 0.6 is 0 Å². The standard InChI is InChI=1S/C22H18N2O5/c1-24-8-7-13-16(24)6-5-14-19(15(11-23)22(25)29-20(13)14)12-9-17(26-2)21(28-4)18(10-12)27-3/h5-10H,1-4H3. The van der Waals surface area contributed by atoms with Gasteiger partial charge >= 0.3 is 5.63 Å². The van der Waals surface area contributed by atoms with Crippen molar-refractivity contribution in [3.63, 3.8) is 0 Å². The SMILES string of the molecule is COc1cc(-c2c(C#N)c(=O)oc3c2ccc2c3ccn2C)cc(OC)c1OC. The van der Waals surface area contributed by atoms with Crippen LogP contribution in [0.15, 0.2) is 45.7 Å². The maximum atomic E-state index is 12.7. The smallest absolute Gasteiger partial charge is 0.354 e. The highest BCUT2D eigenvalue weighted by Gasteiger charge is 2.22. The van der Waals surface area contributed by atoms with Crippen LogP contribution in [-0.2, 0) is 7.05 Å². The Morgan fingerprint density at radius 3 is 2.28 bits per heavy atom. The highest BCUT2D eigenvalue weighted by Crippen LogP contribution is 2.43. The number of nitriles is 1. The second-order valence-electron chi connectivity index (χ2n) is 6.47. The van der Waals surface area contributed by atoms with Crippen LogP contribution in [-0.4, -0.2) is 25.9 Å². The van der Waals surface area contributed by atoms with Crippen LogP contribution in [0.4, 0.5) is 0 Å². The fourth-order valence-electron chi connectivity index (χ4n) is 3.64. The third-order valence-corrected chi connectivity index (χ3v) is 5.00. The summed E-state index contributed by atoms with van der Waals surface area (Å²) < 4.78 is 23.7. The number of fused-ring (bicyclic) bond motifs is 3. The molecule has 2 heterocycles. The van der Waals surface area contributed by atoms with Gasteiger partial charge in [-0.25, -0.2) is 4.79 Å². The number of aryl methyl sites for hydroxylation is 1. The van der Waals surface area contributed by atoms with Gasteiger partial charge in [-0.15, -0.1) is 0 Å². The van der Waals surface area contributed by atoms with Crippen LogP contribution in [0.1, 0.15) is 5.56 Å². The van der Waals surface area contributed by atoms with E-state index in [2.05, 4.69) is 0 Å². The van der Waals surface area contributed by atoms with Crippen molar-refractivity contribution in [2.75, 3.05) is 21.3 Å². The summed E-state index contributed by atoms with van der Waals surface area (Å²) in [7, 11) is 6.45. The lowest BCUT2D eigenvalue weighted by molar-refractivity contribution is 0.324. The van der Waals surface area contributed by atoms with Gasteiger partial charge in [-0.3, -0.25) is 0 Å². The van der Waals surface area contributed by atoms with Crippen LogP contribution in [0.3, 0.4) is 0 Å². The van der Waals surface area contributed by atoms with Crippen LogP contribution in [0.2, 0.25) is 0 Å². The topological polar surface area (TPSA) is 86.6 Å². The molecule has 0 N–H and O–H groups in total. The second kappa shape index (κ2) is 6.91. The van der Waals surface area contributed by atoms with Crippen LogP contribution < -0.4 is 19.8 Å². The molecule has 7 heteroatoms. The molecule has 0 aliphatic heterocycles. The molecule has 0 atom stereocenters. The molecule has 4 aromatic rings. The summed E-state index contributed by atoms with van der Waals surface area (Å²) in [6.45, 7) is 0. The minimum atomic E-state index is -0.694. The Bertz CT molecular complexity index is 1330. The van der Waals surface area contributed by atoms with Crippen molar-refractivity contribution in [2.24, 2.45) is 7.05 Å². The van der Waals surface area contributed by atoms with E-state index in [1.807, 2.05) is 42.1 Å². The number of nitrogens with zero attached hydrogens (tertiary/aromatic N) is 2. The molecule has 0 bridgehead atoms. The Hall–Kier alpha value is -3.92. The lowest BCUT2D eigenvalue weighted by atomic mass is 9.96. The van der Waals surface area contributed by atoms with E-state index in [1.165, 1.54) is 21.3 Å². The maximum Gasteiger partial charge on any atom is 0.354 e. The Labute approximate surface area is 166 Å². The molecule has 0 aliphatic carbocycles. The van der Waals surface area contributed by atoms with Crippen molar-refractivity contribution in [1.82, 2.24) is 4.57 Å². The normalized spacial score (nSPS) is 10.9. The molecule has 146 valence electrons. The van der Waals surface area contributed by atoms with E-state index in [4.69, 9.17) is 18.6 Å². The van der Waals surface area contributed by atoms with Gasteiger partial charge in [0.25, 0.3) is 0 Å². The van der Waals surface area contributed by atoms with Crippen molar-refractivity contribution < 1.29 is 18.6 Å². The first-order valence-corrected chi connectivity index (χ1v) is 8.79. The number of benzene rings is 2. The van der Waals surface area contributed by atoms with Crippen molar-refractivity contribution in [3.8, 4) is 34.4 Å².